The van der Waals surface area contributed by atoms with Crippen LogP contribution in [0.5, 0.6) is 0 Å². The van der Waals surface area contributed by atoms with E-state index in [0.29, 0.717) is 16.3 Å². The van der Waals surface area contributed by atoms with Crippen LogP contribution in [0.2, 0.25) is 5.02 Å². The molecule has 0 aliphatic carbocycles. The van der Waals surface area contributed by atoms with Crippen molar-refractivity contribution >= 4 is 34.2 Å². The second kappa shape index (κ2) is 7.27. The van der Waals surface area contributed by atoms with Crippen LogP contribution in [0.4, 0.5) is 18.9 Å². The third-order valence-corrected chi connectivity index (χ3v) is 4.52. The van der Waals surface area contributed by atoms with Gasteiger partial charge < -0.3 is 5.32 Å². The lowest BCUT2D eigenvalue weighted by Crippen LogP contribution is -2.36. The van der Waals surface area contributed by atoms with Crippen molar-refractivity contribution in [3.8, 4) is 0 Å². The van der Waals surface area contributed by atoms with E-state index in [1.807, 2.05) is 0 Å². The number of aromatic nitrogens is 2. The molecule has 1 aromatic heterocycles. The number of rotatable bonds is 3. The number of halogens is 4. The van der Waals surface area contributed by atoms with Crippen molar-refractivity contribution in [1.29, 1.82) is 0 Å². The van der Waals surface area contributed by atoms with Gasteiger partial charge in [-0.1, -0.05) is 29.8 Å². The summed E-state index contributed by atoms with van der Waals surface area (Å²) in [5, 5.41) is 3.00. The molecule has 3 aromatic rings. The van der Waals surface area contributed by atoms with Gasteiger partial charge in [-0.3, -0.25) is 14.2 Å². The molecule has 1 atom stereocenters. The van der Waals surface area contributed by atoms with Crippen molar-refractivity contribution in [2.45, 2.75) is 26.1 Å². The normalized spacial score (nSPS) is 12.8. The maximum Gasteiger partial charge on any atom is 0.438 e. The summed E-state index contributed by atoms with van der Waals surface area (Å²) < 4.78 is 40.6. The minimum absolute atomic E-state index is 0.0342. The Bertz CT molecular complexity index is 1130. The van der Waals surface area contributed by atoms with E-state index in [1.54, 1.807) is 25.1 Å². The molecule has 1 heterocycles. The molecular formula is C19H15ClF3N3O2. The molecule has 0 aliphatic heterocycles. The smallest absolute Gasteiger partial charge is 0.324 e. The zero-order valence-corrected chi connectivity index (χ0v) is 15.6. The number of carbonyl (C=O) groups excluding carboxylic acids is 1. The van der Waals surface area contributed by atoms with Crippen molar-refractivity contribution in [3.63, 3.8) is 0 Å². The molecule has 146 valence electrons. The Labute approximate surface area is 162 Å². The molecule has 1 amide bonds. The lowest BCUT2D eigenvalue weighted by Gasteiger charge is -2.20. The fourth-order valence-corrected chi connectivity index (χ4v) is 2.98. The highest BCUT2D eigenvalue weighted by molar-refractivity contribution is 6.31. The number of hydrogen-bond donors (Lipinski definition) is 1. The zero-order chi connectivity index (χ0) is 20.6. The third-order valence-electron chi connectivity index (χ3n) is 4.29. The molecule has 1 N–H and O–H groups in total. The first-order chi connectivity index (χ1) is 13.1. The first-order valence-electron chi connectivity index (χ1n) is 8.25. The van der Waals surface area contributed by atoms with E-state index in [2.05, 4.69) is 10.3 Å². The Morgan fingerprint density at radius 3 is 2.57 bits per heavy atom. The average Bonchev–Trinajstić information content (AvgIpc) is 2.62. The Hall–Kier alpha value is -2.87. The predicted molar refractivity (Wildman–Crippen MR) is 101 cm³/mol. The maximum atomic E-state index is 13.3. The molecule has 0 saturated carbocycles. The zero-order valence-electron chi connectivity index (χ0n) is 14.8. The Balaban J connectivity index is 2.11. The van der Waals surface area contributed by atoms with Crippen molar-refractivity contribution in [1.82, 2.24) is 9.55 Å². The van der Waals surface area contributed by atoms with Gasteiger partial charge in [0.25, 0.3) is 5.56 Å². The van der Waals surface area contributed by atoms with Gasteiger partial charge in [-0.2, -0.15) is 13.2 Å². The van der Waals surface area contributed by atoms with Crippen LogP contribution in [0.15, 0.2) is 47.3 Å². The SMILES string of the molecule is Cc1ccc(Cl)cc1NC(=O)[C@@H](C)n1c(=O)c(C(F)(F)F)nc2ccccc21. The first-order valence-corrected chi connectivity index (χ1v) is 8.63. The summed E-state index contributed by atoms with van der Waals surface area (Å²) in [5.74, 6) is -0.656. The Morgan fingerprint density at radius 1 is 1.21 bits per heavy atom. The molecule has 28 heavy (non-hydrogen) atoms. The highest BCUT2D eigenvalue weighted by atomic mass is 35.5. The predicted octanol–water partition coefficient (Wildman–Crippen LogP) is 4.58. The summed E-state index contributed by atoms with van der Waals surface area (Å²) in [6.07, 6.45) is -4.94. The van der Waals surface area contributed by atoms with Gasteiger partial charge >= 0.3 is 6.18 Å². The van der Waals surface area contributed by atoms with Crippen molar-refractivity contribution < 1.29 is 18.0 Å². The molecule has 0 radical (unpaired) electrons. The molecule has 0 fully saturated rings. The number of hydrogen-bond acceptors (Lipinski definition) is 3. The highest BCUT2D eigenvalue weighted by Gasteiger charge is 2.38. The second-order valence-corrected chi connectivity index (χ2v) is 6.68. The lowest BCUT2D eigenvalue weighted by atomic mass is 10.2. The largest absolute Gasteiger partial charge is 0.438 e. The van der Waals surface area contributed by atoms with Crippen LogP contribution in [0, 0.1) is 6.92 Å². The lowest BCUT2D eigenvalue weighted by molar-refractivity contribution is -0.142. The average molecular weight is 410 g/mol. The molecule has 0 aliphatic rings. The van der Waals surface area contributed by atoms with Gasteiger partial charge in [-0.25, -0.2) is 4.98 Å². The van der Waals surface area contributed by atoms with Crippen LogP contribution in [0.1, 0.15) is 24.2 Å². The maximum absolute atomic E-state index is 13.3. The van der Waals surface area contributed by atoms with Crippen LogP contribution in [0.25, 0.3) is 11.0 Å². The minimum atomic E-state index is -4.94. The van der Waals surface area contributed by atoms with Gasteiger partial charge in [-0.05, 0) is 43.7 Å². The fourth-order valence-electron chi connectivity index (χ4n) is 2.81. The molecule has 2 aromatic carbocycles. The Morgan fingerprint density at radius 2 is 1.89 bits per heavy atom. The van der Waals surface area contributed by atoms with Crippen LogP contribution < -0.4 is 10.9 Å². The van der Waals surface area contributed by atoms with E-state index in [4.69, 9.17) is 11.6 Å². The van der Waals surface area contributed by atoms with Crippen LogP contribution in [-0.2, 0) is 11.0 Å². The van der Waals surface area contributed by atoms with E-state index >= 15 is 0 Å². The molecule has 0 bridgehead atoms. The monoisotopic (exact) mass is 409 g/mol. The quantitative estimate of drug-likeness (QED) is 0.688. The summed E-state index contributed by atoms with van der Waals surface area (Å²) in [5.41, 5.74) is -1.72. The number of amides is 1. The van der Waals surface area contributed by atoms with Gasteiger partial charge in [0, 0.05) is 10.7 Å². The van der Waals surface area contributed by atoms with E-state index in [1.165, 1.54) is 31.2 Å². The Kier molecular flexibility index (Phi) is 5.16. The van der Waals surface area contributed by atoms with Crippen LogP contribution in [0.3, 0.4) is 0 Å². The number of aryl methyl sites for hydroxylation is 1. The van der Waals surface area contributed by atoms with E-state index in [9.17, 15) is 22.8 Å². The van der Waals surface area contributed by atoms with Crippen molar-refractivity contribution in [2.75, 3.05) is 5.32 Å². The molecule has 3 rings (SSSR count). The fraction of sp³-hybridized carbons (Fsp3) is 0.211. The van der Waals surface area contributed by atoms with Crippen molar-refractivity contribution in [3.05, 3.63) is 69.1 Å². The number of carbonyl (C=O) groups is 1. The van der Waals surface area contributed by atoms with E-state index < -0.39 is 29.4 Å². The topological polar surface area (TPSA) is 64.0 Å². The summed E-state index contributed by atoms with van der Waals surface area (Å²) in [4.78, 5) is 28.7. The molecule has 0 saturated heterocycles. The van der Waals surface area contributed by atoms with Gasteiger partial charge in [0.1, 0.15) is 6.04 Å². The molecule has 0 unspecified atom stereocenters. The standard InChI is InChI=1S/C19H15ClF3N3O2/c1-10-7-8-12(20)9-14(10)25-17(27)11(2)26-15-6-4-3-5-13(15)24-16(18(26)28)19(21,22)23/h3-9,11H,1-2H3,(H,25,27)/t11-/m1/s1. The minimum Gasteiger partial charge on any atom is -0.324 e. The molecular weight excluding hydrogens is 395 g/mol. The molecule has 5 nitrogen and oxygen atoms in total. The summed E-state index contributed by atoms with van der Waals surface area (Å²) in [7, 11) is 0. The van der Waals surface area contributed by atoms with Crippen LogP contribution >= 0.6 is 11.6 Å². The van der Waals surface area contributed by atoms with Crippen LogP contribution in [-0.4, -0.2) is 15.5 Å². The number of nitrogens with one attached hydrogen (secondary N) is 1. The second-order valence-electron chi connectivity index (χ2n) is 6.25. The number of nitrogens with zero attached hydrogens (tertiary/aromatic N) is 2. The number of alkyl halides is 3. The number of benzene rings is 2. The van der Waals surface area contributed by atoms with Crippen molar-refractivity contribution in [2.24, 2.45) is 0 Å². The molecule has 9 heteroatoms. The van der Waals surface area contributed by atoms with Gasteiger partial charge in [0.05, 0.1) is 11.0 Å². The van der Waals surface area contributed by atoms with Gasteiger partial charge in [-0.15, -0.1) is 0 Å². The first kappa shape index (κ1) is 19.9. The number of para-hydroxylation sites is 2. The highest BCUT2D eigenvalue weighted by Crippen LogP contribution is 2.28. The number of anilines is 1. The molecule has 0 spiro atoms. The third kappa shape index (κ3) is 3.73. The summed E-state index contributed by atoms with van der Waals surface area (Å²) >= 11 is 5.93. The summed E-state index contributed by atoms with van der Waals surface area (Å²) in [6, 6.07) is 9.49. The van der Waals surface area contributed by atoms with Gasteiger partial charge in [0.15, 0.2) is 0 Å². The van der Waals surface area contributed by atoms with E-state index in [0.717, 1.165) is 4.57 Å². The summed E-state index contributed by atoms with van der Waals surface area (Å²) in [6.45, 7) is 3.09. The van der Waals surface area contributed by atoms with Gasteiger partial charge in [0.2, 0.25) is 11.6 Å². The van der Waals surface area contributed by atoms with E-state index in [-0.39, 0.29) is 11.0 Å². The number of fused-ring (bicyclic) bond motifs is 1.